The van der Waals surface area contributed by atoms with Crippen LogP contribution in [0.25, 0.3) is 10.9 Å². The van der Waals surface area contributed by atoms with Gasteiger partial charge in [-0.3, -0.25) is 4.98 Å². The number of ether oxygens (including phenoxy) is 1. The summed E-state index contributed by atoms with van der Waals surface area (Å²) in [6, 6.07) is 2.41. The Labute approximate surface area is 129 Å². The van der Waals surface area contributed by atoms with Gasteiger partial charge in [0.1, 0.15) is 5.82 Å². The van der Waals surface area contributed by atoms with Gasteiger partial charge in [0.15, 0.2) is 0 Å². The van der Waals surface area contributed by atoms with Crippen molar-refractivity contribution in [2.45, 2.75) is 45.3 Å². The van der Waals surface area contributed by atoms with Crippen LogP contribution < -0.4 is 10.6 Å². The van der Waals surface area contributed by atoms with E-state index in [1.165, 1.54) is 12.8 Å². The SMILES string of the molecule is CCc1cc2nc(N)nc3c2c(n1)COCC1CCCCN31. The monoisotopic (exact) mass is 299 g/mol. The molecule has 116 valence electrons. The molecule has 22 heavy (non-hydrogen) atoms. The summed E-state index contributed by atoms with van der Waals surface area (Å²) >= 11 is 0. The maximum absolute atomic E-state index is 5.98. The Bertz CT molecular complexity index is 717. The molecule has 2 aliphatic heterocycles. The molecule has 0 bridgehead atoms. The number of hydrogen-bond donors (Lipinski definition) is 1. The number of rotatable bonds is 1. The number of nitrogen functional groups attached to an aromatic ring is 1. The number of piperidine rings is 1. The number of aromatic nitrogens is 3. The molecule has 4 heterocycles. The summed E-state index contributed by atoms with van der Waals surface area (Å²) in [7, 11) is 0. The molecule has 0 spiro atoms. The van der Waals surface area contributed by atoms with E-state index in [9.17, 15) is 0 Å². The van der Waals surface area contributed by atoms with Crippen LogP contribution in [0.5, 0.6) is 0 Å². The highest BCUT2D eigenvalue weighted by atomic mass is 16.5. The van der Waals surface area contributed by atoms with Gasteiger partial charge in [-0.2, -0.15) is 4.98 Å². The molecular formula is C16H21N5O. The summed E-state index contributed by atoms with van der Waals surface area (Å²) in [6.07, 6.45) is 4.43. The minimum absolute atomic E-state index is 0.340. The molecule has 6 heteroatoms. The van der Waals surface area contributed by atoms with Crippen LogP contribution in [-0.4, -0.2) is 34.1 Å². The molecule has 2 aliphatic rings. The fourth-order valence-electron chi connectivity index (χ4n) is 3.52. The van der Waals surface area contributed by atoms with Crippen LogP contribution in [0, 0.1) is 0 Å². The number of aryl methyl sites for hydroxylation is 1. The number of nitrogens with two attached hydrogens (primary N) is 1. The summed E-state index contributed by atoms with van der Waals surface area (Å²) in [6.45, 7) is 4.34. The first kappa shape index (κ1) is 13.7. The van der Waals surface area contributed by atoms with Crippen molar-refractivity contribution < 1.29 is 4.74 Å². The molecular weight excluding hydrogens is 278 g/mol. The summed E-state index contributed by atoms with van der Waals surface area (Å²) in [5.74, 6) is 1.29. The second-order valence-electron chi connectivity index (χ2n) is 6.07. The van der Waals surface area contributed by atoms with Gasteiger partial charge in [0.2, 0.25) is 5.95 Å². The van der Waals surface area contributed by atoms with E-state index in [1.54, 1.807) is 0 Å². The fraction of sp³-hybridized carbons (Fsp3) is 0.562. The first-order valence-corrected chi connectivity index (χ1v) is 8.06. The third kappa shape index (κ3) is 2.18. The van der Waals surface area contributed by atoms with Crippen molar-refractivity contribution in [1.82, 2.24) is 15.0 Å². The first-order valence-electron chi connectivity index (χ1n) is 8.06. The van der Waals surface area contributed by atoms with Crippen molar-refractivity contribution in [3.8, 4) is 0 Å². The Hall–Kier alpha value is -1.95. The Kier molecular flexibility index (Phi) is 3.33. The van der Waals surface area contributed by atoms with E-state index in [2.05, 4.69) is 21.8 Å². The zero-order valence-electron chi connectivity index (χ0n) is 12.9. The van der Waals surface area contributed by atoms with Crippen LogP contribution >= 0.6 is 0 Å². The molecule has 6 nitrogen and oxygen atoms in total. The van der Waals surface area contributed by atoms with Gasteiger partial charge in [-0.25, -0.2) is 4.98 Å². The van der Waals surface area contributed by atoms with E-state index in [1.807, 2.05) is 6.07 Å². The van der Waals surface area contributed by atoms with Gasteiger partial charge in [-0.05, 0) is 31.7 Å². The summed E-state index contributed by atoms with van der Waals surface area (Å²) in [5.41, 5.74) is 8.82. The second-order valence-corrected chi connectivity index (χ2v) is 6.07. The predicted octanol–water partition coefficient (Wildman–Crippen LogP) is 2.06. The fourth-order valence-corrected chi connectivity index (χ4v) is 3.52. The highest BCUT2D eigenvalue weighted by Crippen LogP contribution is 2.34. The number of anilines is 2. The molecule has 2 aromatic heterocycles. The molecule has 0 aromatic carbocycles. The minimum Gasteiger partial charge on any atom is -0.373 e. The van der Waals surface area contributed by atoms with Crippen molar-refractivity contribution in [2.24, 2.45) is 0 Å². The molecule has 0 radical (unpaired) electrons. The van der Waals surface area contributed by atoms with Crippen LogP contribution in [0.1, 0.15) is 37.6 Å². The van der Waals surface area contributed by atoms with Gasteiger partial charge in [0.05, 0.1) is 35.9 Å². The third-order valence-corrected chi connectivity index (χ3v) is 4.62. The zero-order chi connectivity index (χ0) is 15.1. The van der Waals surface area contributed by atoms with Crippen molar-refractivity contribution in [3.63, 3.8) is 0 Å². The average molecular weight is 299 g/mol. The molecule has 0 aliphatic carbocycles. The predicted molar refractivity (Wildman–Crippen MR) is 85.8 cm³/mol. The average Bonchev–Trinajstić information content (AvgIpc) is 2.52. The Morgan fingerprint density at radius 1 is 1.32 bits per heavy atom. The number of fused-ring (bicyclic) bond motifs is 2. The van der Waals surface area contributed by atoms with Crippen LogP contribution in [0.15, 0.2) is 6.07 Å². The highest BCUT2D eigenvalue weighted by Gasteiger charge is 2.29. The number of pyridine rings is 1. The lowest BCUT2D eigenvalue weighted by molar-refractivity contribution is 0.0962. The molecule has 0 amide bonds. The lowest BCUT2D eigenvalue weighted by Crippen LogP contribution is -2.44. The summed E-state index contributed by atoms with van der Waals surface area (Å²) in [4.78, 5) is 16.1. The van der Waals surface area contributed by atoms with E-state index >= 15 is 0 Å². The Balaban J connectivity index is 1.98. The second kappa shape index (κ2) is 5.35. The smallest absolute Gasteiger partial charge is 0.222 e. The molecule has 1 saturated heterocycles. The molecule has 4 rings (SSSR count). The first-order chi connectivity index (χ1) is 10.8. The van der Waals surface area contributed by atoms with Gasteiger partial charge in [0, 0.05) is 12.2 Å². The molecule has 1 unspecified atom stereocenters. The van der Waals surface area contributed by atoms with Crippen molar-refractivity contribution in [2.75, 3.05) is 23.8 Å². The van der Waals surface area contributed by atoms with Gasteiger partial charge >= 0.3 is 0 Å². The molecule has 2 N–H and O–H groups in total. The van der Waals surface area contributed by atoms with E-state index in [-0.39, 0.29) is 0 Å². The van der Waals surface area contributed by atoms with E-state index in [0.29, 0.717) is 18.6 Å². The van der Waals surface area contributed by atoms with Gasteiger partial charge in [-0.1, -0.05) is 6.92 Å². The summed E-state index contributed by atoms with van der Waals surface area (Å²) < 4.78 is 5.93. The third-order valence-electron chi connectivity index (χ3n) is 4.62. The van der Waals surface area contributed by atoms with Crippen LogP contribution in [0.3, 0.4) is 0 Å². The van der Waals surface area contributed by atoms with Gasteiger partial charge < -0.3 is 15.4 Å². The quantitative estimate of drug-likeness (QED) is 0.868. The van der Waals surface area contributed by atoms with Crippen molar-refractivity contribution in [3.05, 3.63) is 17.5 Å². The highest BCUT2D eigenvalue weighted by molar-refractivity contribution is 5.93. The van der Waals surface area contributed by atoms with Gasteiger partial charge in [-0.15, -0.1) is 0 Å². The van der Waals surface area contributed by atoms with Crippen LogP contribution in [-0.2, 0) is 17.8 Å². The van der Waals surface area contributed by atoms with E-state index in [0.717, 1.165) is 54.1 Å². The van der Waals surface area contributed by atoms with E-state index in [4.69, 9.17) is 15.5 Å². The van der Waals surface area contributed by atoms with E-state index < -0.39 is 0 Å². The Morgan fingerprint density at radius 2 is 2.23 bits per heavy atom. The molecule has 1 fully saturated rings. The molecule has 1 atom stereocenters. The Morgan fingerprint density at radius 3 is 3.09 bits per heavy atom. The lowest BCUT2D eigenvalue weighted by atomic mass is 10.0. The maximum Gasteiger partial charge on any atom is 0.222 e. The topological polar surface area (TPSA) is 77.2 Å². The summed E-state index contributed by atoms with van der Waals surface area (Å²) in [5, 5.41) is 1.01. The normalized spacial score (nSPS) is 21.3. The minimum atomic E-state index is 0.340. The zero-order valence-corrected chi connectivity index (χ0v) is 12.9. The van der Waals surface area contributed by atoms with Crippen LogP contribution in [0.2, 0.25) is 0 Å². The maximum atomic E-state index is 5.98. The number of hydrogen-bond acceptors (Lipinski definition) is 6. The van der Waals surface area contributed by atoms with Crippen molar-refractivity contribution >= 4 is 22.7 Å². The van der Waals surface area contributed by atoms with Gasteiger partial charge in [0.25, 0.3) is 0 Å². The number of nitrogens with zero attached hydrogens (tertiary/aromatic N) is 4. The molecule has 2 aromatic rings. The lowest BCUT2D eigenvalue weighted by Gasteiger charge is -2.38. The van der Waals surface area contributed by atoms with Crippen LogP contribution in [0.4, 0.5) is 11.8 Å². The molecule has 0 saturated carbocycles. The van der Waals surface area contributed by atoms with Crippen molar-refractivity contribution in [1.29, 1.82) is 0 Å². The standard InChI is InChI=1S/C16H21N5O/c1-2-10-7-12-14-13(18-10)9-22-8-11-5-3-4-6-21(11)15(14)20-16(17)19-12/h7,11H,2-6,8-9H2,1H3,(H2,17,19,20). The largest absolute Gasteiger partial charge is 0.373 e.